The lowest BCUT2D eigenvalue weighted by atomic mass is 9.90. The molecule has 2 unspecified atom stereocenters. The van der Waals surface area contributed by atoms with E-state index in [0.717, 1.165) is 68.6 Å². The van der Waals surface area contributed by atoms with E-state index in [1.165, 1.54) is 0 Å². The van der Waals surface area contributed by atoms with Crippen LogP contribution >= 0.6 is 0 Å². The molecule has 202 valence electrons. The van der Waals surface area contributed by atoms with Gasteiger partial charge in [0.15, 0.2) is 17.9 Å². The van der Waals surface area contributed by atoms with E-state index < -0.39 is 0 Å². The van der Waals surface area contributed by atoms with E-state index in [2.05, 4.69) is 32.7 Å². The number of aromatic nitrogens is 3. The predicted molar refractivity (Wildman–Crippen MR) is 144 cm³/mol. The van der Waals surface area contributed by atoms with Gasteiger partial charge in [-0.3, -0.25) is 9.78 Å². The summed E-state index contributed by atoms with van der Waals surface area (Å²) in [4.78, 5) is 29.0. The Kier molecular flexibility index (Phi) is 9.13. The summed E-state index contributed by atoms with van der Waals surface area (Å²) in [6, 6.07) is 3.73. The standard InChI is InChI=1S/C29H42N4O4/c1-6-21(37-26-12-7-8-15-35-26)19-36-22-13-14-30-25(16-22)27-31-24-11-9-10-23(24)28(32-27)33(5)18-20(34)17-29(2,3)4/h13-14,16,21,26H,6-12,15,17-19H2,1-5H3. The predicted octanol–water partition coefficient (Wildman–Crippen LogP) is 5.17. The summed E-state index contributed by atoms with van der Waals surface area (Å²) in [5, 5.41) is 0. The Morgan fingerprint density at radius 1 is 1.22 bits per heavy atom. The Balaban J connectivity index is 1.47. The van der Waals surface area contributed by atoms with Gasteiger partial charge in [0.25, 0.3) is 0 Å². The van der Waals surface area contributed by atoms with E-state index in [9.17, 15) is 4.79 Å². The molecule has 0 aromatic carbocycles. The molecule has 37 heavy (non-hydrogen) atoms. The zero-order valence-corrected chi connectivity index (χ0v) is 23.1. The maximum absolute atomic E-state index is 12.7. The first-order chi connectivity index (χ1) is 17.7. The first-order valence-corrected chi connectivity index (χ1v) is 13.7. The van der Waals surface area contributed by atoms with Crippen molar-refractivity contribution >= 4 is 11.6 Å². The van der Waals surface area contributed by atoms with Crippen LogP contribution in [0.5, 0.6) is 5.75 Å². The summed E-state index contributed by atoms with van der Waals surface area (Å²) in [6.07, 6.45) is 8.99. The van der Waals surface area contributed by atoms with Crippen LogP contribution in [0.4, 0.5) is 5.82 Å². The fraction of sp³-hybridized carbons (Fsp3) is 0.655. The minimum atomic E-state index is -0.138. The molecule has 0 saturated carbocycles. The summed E-state index contributed by atoms with van der Waals surface area (Å²) in [6.45, 7) is 9.89. The summed E-state index contributed by atoms with van der Waals surface area (Å²) in [5.74, 6) is 2.31. The largest absolute Gasteiger partial charge is 0.491 e. The number of ether oxygens (including phenoxy) is 3. The number of fused-ring (bicyclic) bond motifs is 1. The molecule has 8 heteroatoms. The van der Waals surface area contributed by atoms with Crippen LogP contribution in [-0.4, -0.2) is 59.9 Å². The molecule has 1 saturated heterocycles. The maximum Gasteiger partial charge on any atom is 0.180 e. The van der Waals surface area contributed by atoms with Crippen LogP contribution in [0.15, 0.2) is 18.3 Å². The van der Waals surface area contributed by atoms with Crippen LogP contribution in [0.1, 0.15) is 77.5 Å². The summed E-state index contributed by atoms with van der Waals surface area (Å²) >= 11 is 0. The van der Waals surface area contributed by atoms with Gasteiger partial charge >= 0.3 is 0 Å². The number of Topliss-reactive ketones (excluding diaryl/α,β-unsaturated/α-hetero) is 1. The molecule has 1 aliphatic carbocycles. The lowest BCUT2D eigenvalue weighted by Gasteiger charge is -2.27. The van der Waals surface area contributed by atoms with Crippen LogP contribution in [-0.2, 0) is 27.1 Å². The van der Waals surface area contributed by atoms with Crippen LogP contribution in [0.3, 0.4) is 0 Å². The average molecular weight is 511 g/mol. The molecule has 0 amide bonds. The topological polar surface area (TPSA) is 86.7 Å². The number of ketones is 1. The van der Waals surface area contributed by atoms with Gasteiger partial charge in [0.1, 0.15) is 23.9 Å². The van der Waals surface area contributed by atoms with Crippen molar-refractivity contribution in [3.63, 3.8) is 0 Å². The molecule has 3 heterocycles. The smallest absolute Gasteiger partial charge is 0.180 e. The molecule has 4 rings (SSSR count). The number of nitrogens with zero attached hydrogens (tertiary/aromatic N) is 4. The third-order valence-corrected chi connectivity index (χ3v) is 6.75. The van der Waals surface area contributed by atoms with Gasteiger partial charge in [-0.15, -0.1) is 0 Å². The second kappa shape index (κ2) is 12.3. The van der Waals surface area contributed by atoms with Gasteiger partial charge in [-0.05, 0) is 56.4 Å². The monoisotopic (exact) mass is 510 g/mol. The molecule has 0 spiro atoms. The zero-order valence-electron chi connectivity index (χ0n) is 23.1. The van der Waals surface area contributed by atoms with Crippen molar-refractivity contribution in [3.8, 4) is 17.3 Å². The number of rotatable bonds is 11. The van der Waals surface area contributed by atoms with Gasteiger partial charge in [0, 0.05) is 43.6 Å². The number of carbonyl (C=O) groups is 1. The Morgan fingerprint density at radius 3 is 2.78 bits per heavy atom. The maximum atomic E-state index is 12.7. The first-order valence-electron chi connectivity index (χ1n) is 13.7. The minimum absolute atomic E-state index is 0.0354. The van der Waals surface area contributed by atoms with Gasteiger partial charge in [-0.25, -0.2) is 9.97 Å². The van der Waals surface area contributed by atoms with Gasteiger partial charge in [0.05, 0.1) is 12.6 Å². The second-order valence-corrected chi connectivity index (χ2v) is 11.4. The van der Waals surface area contributed by atoms with Crippen molar-refractivity contribution in [2.45, 2.75) is 91.5 Å². The minimum Gasteiger partial charge on any atom is -0.491 e. The number of hydrogen-bond donors (Lipinski definition) is 0. The molecule has 0 bridgehead atoms. The molecule has 8 nitrogen and oxygen atoms in total. The van der Waals surface area contributed by atoms with Crippen molar-refractivity contribution in [3.05, 3.63) is 29.6 Å². The normalized spacial score (nSPS) is 18.4. The summed E-state index contributed by atoms with van der Waals surface area (Å²) in [5.41, 5.74) is 2.82. The summed E-state index contributed by atoms with van der Waals surface area (Å²) in [7, 11) is 1.94. The van der Waals surface area contributed by atoms with Crippen LogP contribution in [0.2, 0.25) is 0 Å². The Labute approximate surface area is 221 Å². The van der Waals surface area contributed by atoms with Crippen LogP contribution < -0.4 is 9.64 Å². The third kappa shape index (κ3) is 7.71. The highest BCUT2D eigenvalue weighted by atomic mass is 16.7. The van der Waals surface area contributed by atoms with Gasteiger partial charge in [-0.1, -0.05) is 27.7 Å². The second-order valence-electron chi connectivity index (χ2n) is 11.4. The van der Waals surface area contributed by atoms with Crippen molar-refractivity contribution in [2.24, 2.45) is 5.41 Å². The third-order valence-electron chi connectivity index (χ3n) is 6.75. The Morgan fingerprint density at radius 2 is 2.05 bits per heavy atom. The van der Waals surface area contributed by atoms with E-state index in [-0.39, 0.29) is 23.6 Å². The van der Waals surface area contributed by atoms with E-state index in [1.807, 2.05) is 24.1 Å². The summed E-state index contributed by atoms with van der Waals surface area (Å²) < 4.78 is 17.9. The number of pyridine rings is 1. The van der Waals surface area contributed by atoms with Crippen molar-refractivity contribution in [1.82, 2.24) is 15.0 Å². The SMILES string of the molecule is CCC(COc1ccnc(-c2nc3c(c(N(C)CC(=O)CC(C)(C)C)n2)CCC3)c1)OC1CCCCO1. The highest BCUT2D eigenvalue weighted by molar-refractivity contribution is 5.84. The van der Waals surface area contributed by atoms with Crippen molar-refractivity contribution < 1.29 is 19.0 Å². The van der Waals surface area contributed by atoms with Crippen molar-refractivity contribution in [1.29, 1.82) is 0 Å². The fourth-order valence-corrected chi connectivity index (χ4v) is 4.93. The molecule has 1 fully saturated rings. The molecule has 2 aromatic rings. The fourth-order valence-electron chi connectivity index (χ4n) is 4.93. The van der Waals surface area contributed by atoms with E-state index in [0.29, 0.717) is 36.8 Å². The molecule has 1 aliphatic heterocycles. The number of likely N-dealkylation sites (N-methyl/N-ethyl adjacent to an activating group) is 1. The Hall–Kier alpha value is -2.58. The van der Waals surface area contributed by atoms with E-state index in [1.54, 1.807) is 6.20 Å². The van der Waals surface area contributed by atoms with Gasteiger partial charge < -0.3 is 19.1 Å². The average Bonchev–Trinajstić information content (AvgIpc) is 3.34. The highest BCUT2D eigenvalue weighted by Crippen LogP contribution is 2.31. The quantitative estimate of drug-likeness (QED) is 0.409. The first kappa shape index (κ1) is 27.5. The zero-order chi connectivity index (χ0) is 26.4. The van der Waals surface area contributed by atoms with Crippen LogP contribution in [0, 0.1) is 5.41 Å². The Bertz CT molecular complexity index is 1060. The van der Waals surface area contributed by atoms with E-state index in [4.69, 9.17) is 24.2 Å². The van der Waals surface area contributed by atoms with Gasteiger partial charge in [0.2, 0.25) is 0 Å². The molecule has 0 radical (unpaired) electrons. The highest BCUT2D eigenvalue weighted by Gasteiger charge is 2.25. The molecule has 2 aliphatic rings. The molecule has 2 atom stereocenters. The van der Waals surface area contributed by atoms with Crippen molar-refractivity contribution in [2.75, 3.05) is 31.7 Å². The lowest BCUT2D eigenvalue weighted by Crippen LogP contribution is -2.31. The number of anilines is 1. The van der Waals surface area contributed by atoms with Crippen LogP contribution in [0.25, 0.3) is 11.5 Å². The lowest BCUT2D eigenvalue weighted by molar-refractivity contribution is -0.193. The molecule has 2 aromatic heterocycles. The van der Waals surface area contributed by atoms with E-state index >= 15 is 0 Å². The number of aryl methyl sites for hydroxylation is 1. The number of hydrogen-bond acceptors (Lipinski definition) is 8. The molecule has 0 N–H and O–H groups in total. The number of carbonyl (C=O) groups excluding carboxylic acids is 1. The molecular weight excluding hydrogens is 468 g/mol. The molecular formula is C29H42N4O4. The van der Waals surface area contributed by atoms with Gasteiger partial charge in [-0.2, -0.15) is 0 Å².